The minimum atomic E-state index is -4.38. The standard InChI is InChI=1S/C19H19F3O2/c1-10-11(2)18(4)15(16(23)24-5)14(17(10,18)3)12-6-8-13(9-7-12)19(20,21)22/h6-9H,1-5H3. The summed E-state index contributed by atoms with van der Waals surface area (Å²) in [5.41, 5.74) is 2.78. The van der Waals surface area contributed by atoms with Crippen LogP contribution in [0.4, 0.5) is 13.2 Å². The summed E-state index contributed by atoms with van der Waals surface area (Å²) in [7, 11) is 1.32. The van der Waals surface area contributed by atoms with E-state index in [0.29, 0.717) is 11.1 Å². The Labute approximate surface area is 139 Å². The molecule has 0 aliphatic heterocycles. The molecule has 0 aromatic heterocycles. The van der Waals surface area contributed by atoms with Gasteiger partial charge in [0.1, 0.15) is 0 Å². The van der Waals surface area contributed by atoms with Crippen molar-refractivity contribution in [1.29, 1.82) is 0 Å². The highest BCUT2D eigenvalue weighted by molar-refractivity contribution is 6.09. The number of methoxy groups -OCH3 is 1. The molecule has 0 spiro atoms. The second-order valence-corrected chi connectivity index (χ2v) is 6.82. The van der Waals surface area contributed by atoms with E-state index >= 15 is 0 Å². The minimum Gasteiger partial charge on any atom is -0.466 e. The molecule has 0 radical (unpaired) electrons. The van der Waals surface area contributed by atoms with Gasteiger partial charge in [0.25, 0.3) is 0 Å². The molecule has 2 aliphatic carbocycles. The number of benzene rings is 1. The largest absolute Gasteiger partial charge is 0.466 e. The van der Waals surface area contributed by atoms with E-state index in [-0.39, 0.29) is 5.41 Å². The molecule has 0 heterocycles. The maximum atomic E-state index is 12.8. The van der Waals surface area contributed by atoms with Gasteiger partial charge in [0.05, 0.1) is 18.2 Å². The van der Waals surface area contributed by atoms with Crippen molar-refractivity contribution in [3.63, 3.8) is 0 Å². The van der Waals surface area contributed by atoms with Crippen LogP contribution >= 0.6 is 0 Å². The number of halogens is 3. The third-order valence-corrected chi connectivity index (χ3v) is 6.20. The van der Waals surface area contributed by atoms with Crippen molar-refractivity contribution in [3.8, 4) is 0 Å². The van der Waals surface area contributed by atoms with Gasteiger partial charge in [-0.15, -0.1) is 0 Å². The van der Waals surface area contributed by atoms with Crippen LogP contribution in [-0.2, 0) is 15.7 Å². The first-order valence-electron chi connectivity index (χ1n) is 7.70. The van der Waals surface area contributed by atoms with Crippen LogP contribution in [0.25, 0.3) is 5.57 Å². The summed E-state index contributed by atoms with van der Waals surface area (Å²) in [6.45, 7) is 8.03. The highest BCUT2D eigenvalue weighted by Gasteiger charge is 2.69. The van der Waals surface area contributed by atoms with Crippen LogP contribution in [0.1, 0.15) is 38.8 Å². The van der Waals surface area contributed by atoms with Crippen LogP contribution < -0.4 is 0 Å². The molecule has 2 aliphatic rings. The molecule has 128 valence electrons. The average molecular weight is 336 g/mol. The monoisotopic (exact) mass is 336 g/mol. The van der Waals surface area contributed by atoms with Gasteiger partial charge in [-0.05, 0) is 37.1 Å². The second-order valence-electron chi connectivity index (χ2n) is 6.82. The lowest BCUT2D eigenvalue weighted by Crippen LogP contribution is -2.60. The normalized spacial score (nSPS) is 29.0. The van der Waals surface area contributed by atoms with E-state index in [4.69, 9.17) is 4.74 Å². The zero-order chi connectivity index (χ0) is 18.1. The Hall–Kier alpha value is -2.04. The fraction of sp³-hybridized carbons (Fsp3) is 0.421. The Morgan fingerprint density at radius 2 is 1.50 bits per heavy atom. The van der Waals surface area contributed by atoms with E-state index in [1.165, 1.54) is 19.2 Å². The number of alkyl halides is 3. The topological polar surface area (TPSA) is 26.3 Å². The first-order chi connectivity index (χ1) is 11.0. The number of hydrogen-bond donors (Lipinski definition) is 0. The smallest absolute Gasteiger partial charge is 0.416 e. The Bertz CT molecular complexity index is 799. The second kappa shape index (κ2) is 4.74. The van der Waals surface area contributed by atoms with E-state index in [0.717, 1.165) is 28.9 Å². The lowest BCUT2D eigenvalue weighted by atomic mass is 9.35. The number of carbonyl (C=O) groups is 1. The molecule has 0 N–H and O–H groups in total. The maximum absolute atomic E-state index is 12.8. The van der Waals surface area contributed by atoms with Crippen LogP contribution in [0.2, 0.25) is 0 Å². The molecule has 3 rings (SSSR count). The van der Waals surface area contributed by atoms with Crippen molar-refractivity contribution in [1.82, 2.24) is 0 Å². The maximum Gasteiger partial charge on any atom is 0.416 e. The van der Waals surface area contributed by atoms with Crippen LogP contribution in [0, 0.1) is 10.8 Å². The van der Waals surface area contributed by atoms with Gasteiger partial charge in [0.2, 0.25) is 0 Å². The van der Waals surface area contributed by atoms with Crippen molar-refractivity contribution in [2.24, 2.45) is 10.8 Å². The summed E-state index contributed by atoms with van der Waals surface area (Å²) >= 11 is 0. The molecule has 2 unspecified atom stereocenters. The van der Waals surface area contributed by atoms with E-state index in [1.807, 2.05) is 27.7 Å². The molecule has 0 saturated carbocycles. The number of fused-ring (bicyclic) bond motifs is 1. The number of carbonyl (C=O) groups excluding carboxylic acids is 1. The Balaban J connectivity index is 2.15. The molecule has 1 aromatic carbocycles. The zero-order valence-electron chi connectivity index (χ0n) is 14.3. The lowest BCUT2D eigenvalue weighted by Gasteiger charge is -2.67. The highest BCUT2D eigenvalue weighted by Crippen LogP contribution is 2.77. The van der Waals surface area contributed by atoms with Crippen LogP contribution in [-0.4, -0.2) is 13.1 Å². The SMILES string of the molecule is COC(=O)C1=C(c2ccc(C(F)(F)F)cc2)C2(C)C(C)=C(C)C12C. The summed E-state index contributed by atoms with van der Waals surface area (Å²) in [6.07, 6.45) is -4.38. The molecule has 0 bridgehead atoms. The molecule has 5 heteroatoms. The van der Waals surface area contributed by atoms with Gasteiger partial charge in [-0.2, -0.15) is 13.2 Å². The third kappa shape index (κ3) is 1.70. The number of allylic oxidation sites excluding steroid dienone is 3. The molecule has 1 aromatic rings. The van der Waals surface area contributed by atoms with Gasteiger partial charge >= 0.3 is 12.1 Å². The molecule has 0 saturated heterocycles. The van der Waals surface area contributed by atoms with Crippen LogP contribution in [0.15, 0.2) is 41.0 Å². The lowest BCUT2D eigenvalue weighted by molar-refractivity contribution is -0.139. The molecule has 24 heavy (non-hydrogen) atoms. The van der Waals surface area contributed by atoms with Crippen molar-refractivity contribution >= 4 is 11.5 Å². The predicted octanol–water partition coefficient (Wildman–Crippen LogP) is 5.01. The van der Waals surface area contributed by atoms with Gasteiger partial charge in [0, 0.05) is 10.8 Å². The van der Waals surface area contributed by atoms with E-state index in [1.54, 1.807) is 0 Å². The van der Waals surface area contributed by atoms with E-state index < -0.39 is 23.1 Å². The third-order valence-electron chi connectivity index (χ3n) is 6.20. The molecular weight excluding hydrogens is 317 g/mol. The van der Waals surface area contributed by atoms with Crippen LogP contribution in [0.5, 0.6) is 0 Å². The first-order valence-corrected chi connectivity index (χ1v) is 7.70. The van der Waals surface area contributed by atoms with Crippen molar-refractivity contribution < 1.29 is 22.7 Å². The molecule has 2 nitrogen and oxygen atoms in total. The number of rotatable bonds is 2. The summed E-state index contributed by atoms with van der Waals surface area (Å²) in [5.74, 6) is -0.420. The quantitative estimate of drug-likeness (QED) is 0.561. The van der Waals surface area contributed by atoms with Gasteiger partial charge in [0.15, 0.2) is 0 Å². The van der Waals surface area contributed by atoms with E-state index in [9.17, 15) is 18.0 Å². The van der Waals surface area contributed by atoms with Gasteiger partial charge in [-0.3, -0.25) is 0 Å². The van der Waals surface area contributed by atoms with Crippen molar-refractivity contribution in [3.05, 3.63) is 52.1 Å². The summed E-state index contributed by atoms with van der Waals surface area (Å²) in [6, 6.07) is 4.99. The summed E-state index contributed by atoms with van der Waals surface area (Å²) in [5, 5.41) is 0. The Morgan fingerprint density at radius 1 is 1.00 bits per heavy atom. The first kappa shape index (κ1) is 16.8. The van der Waals surface area contributed by atoms with E-state index in [2.05, 4.69) is 0 Å². The number of hydrogen-bond acceptors (Lipinski definition) is 2. The van der Waals surface area contributed by atoms with Crippen LogP contribution in [0.3, 0.4) is 0 Å². The molecular formula is C19H19F3O2. The fourth-order valence-corrected chi connectivity index (χ4v) is 4.42. The number of esters is 1. The fourth-order valence-electron chi connectivity index (χ4n) is 4.42. The predicted molar refractivity (Wildman–Crippen MR) is 85.0 cm³/mol. The molecule has 0 fully saturated rings. The summed E-state index contributed by atoms with van der Waals surface area (Å²) < 4.78 is 43.3. The van der Waals surface area contributed by atoms with Gasteiger partial charge in [-0.25, -0.2) is 4.79 Å². The zero-order valence-corrected chi connectivity index (χ0v) is 14.3. The van der Waals surface area contributed by atoms with Gasteiger partial charge in [-0.1, -0.05) is 37.1 Å². The van der Waals surface area contributed by atoms with Crippen molar-refractivity contribution in [2.45, 2.75) is 33.9 Å². The van der Waals surface area contributed by atoms with Gasteiger partial charge < -0.3 is 4.74 Å². The minimum absolute atomic E-state index is 0.347. The average Bonchev–Trinajstić information content (AvgIpc) is 2.55. The Kier molecular flexibility index (Phi) is 3.32. The Morgan fingerprint density at radius 3 is 1.96 bits per heavy atom. The number of ether oxygens (including phenoxy) is 1. The molecule has 2 atom stereocenters. The van der Waals surface area contributed by atoms with Crippen molar-refractivity contribution in [2.75, 3.05) is 7.11 Å². The highest BCUT2D eigenvalue weighted by atomic mass is 19.4. The molecule has 0 amide bonds. The summed E-state index contributed by atoms with van der Waals surface area (Å²) in [4.78, 5) is 12.3.